The van der Waals surface area contributed by atoms with E-state index >= 15 is 0 Å². The fourth-order valence-electron chi connectivity index (χ4n) is 2.06. The standard InChI is InChI=1S/C15H24ClN3O/c1-4-19(10-15(17)20)14-6-5-13(16)7-12(14)9-18-8-11(2)3/h5-7,11,18H,4,8-10H2,1-3H3,(H2,17,20). The number of nitrogens with one attached hydrogen (secondary N) is 1. The molecular weight excluding hydrogens is 274 g/mol. The van der Waals surface area contributed by atoms with Gasteiger partial charge in [-0.2, -0.15) is 0 Å². The van der Waals surface area contributed by atoms with Gasteiger partial charge in [-0.1, -0.05) is 25.4 Å². The van der Waals surface area contributed by atoms with E-state index in [2.05, 4.69) is 19.2 Å². The molecule has 0 saturated heterocycles. The second-order valence-electron chi connectivity index (χ2n) is 5.28. The molecule has 1 aromatic carbocycles. The Kier molecular flexibility index (Phi) is 6.82. The molecule has 0 bridgehead atoms. The number of anilines is 1. The van der Waals surface area contributed by atoms with Crippen LogP contribution in [0.15, 0.2) is 18.2 Å². The van der Waals surface area contributed by atoms with E-state index < -0.39 is 0 Å². The molecule has 0 aromatic heterocycles. The van der Waals surface area contributed by atoms with Crippen molar-refractivity contribution in [1.82, 2.24) is 5.32 Å². The van der Waals surface area contributed by atoms with Gasteiger partial charge in [-0.3, -0.25) is 4.79 Å². The van der Waals surface area contributed by atoms with Crippen molar-refractivity contribution in [3.8, 4) is 0 Å². The molecule has 1 rings (SSSR count). The van der Waals surface area contributed by atoms with Crippen molar-refractivity contribution < 1.29 is 4.79 Å². The summed E-state index contributed by atoms with van der Waals surface area (Å²) >= 11 is 6.07. The Bertz CT molecular complexity index is 449. The molecule has 0 aliphatic carbocycles. The third-order valence-electron chi connectivity index (χ3n) is 2.98. The zero-order chi connectivity index (χ0) is 15.1. The first-order chi connectivity index (χ1) is 9.43. The van der Waals surface area contributed by atoms with Gasteiger partial charge >= 0.3 is 0 Å². The summed E-state index contributed by atoms with van der Waals surface area (Å²) in [6.07, 6.45) is 0. The summed E-state index contributed by atoms with van der Waals surface area (Å²) in [6.45, 7) is 8.94. The second-order valence-corrected chi connectivity index (χ2v) is 5.71. The highest BCUT2D eigenvalue weighted by Crippen LogP contribution is 2.24. The predicted octanol–water partition coefficient (Wildman–Crippen LogP) is 2.40. The number of hydrogen-bond donors (Lipinski definition) is 2. The Morgan fingerprint density at radius 3 is 2.70 bits per heavy atom. The minimum Gasteiger partial charge on any atom is -0.368 e. The van der Waals surface area contributed by atoms with Crippen molar-refractivity contribution in [2.24, 2.45) is 11.7 Å². The van der Waals surface area contributed by atoms with Crippen molar-refractivity contribution in [3.05, 3.63) is 28.8 Å². The number of halogens is 1. The van der Waals surface area contributed by atoms with Crippen LogP contribution in [0, 0.1) is 5.92 Å². The smallest absolute Gasteiger partial charge is 0.236 e. The molecule has 0 saturated carbocycles. The lowest BCUT2D eigenvalue weighted by molar-refractivity contribution is -0.116. The van der Waals surface area contributed by atoms with Crippen molar-refractivity contribution in [1.29, 1.82) is 0 Å². The summed E-state index contributed by atoms with van der Waals surface area (Å²) in [5.41, 5.74) is 7.39. The number of nitrogens with zero attached hydrogens (tertiary/aromatic N) is 1. The van der Waals surface area contributed by atoms with Crippen LogP contribution in [0.3, 0.4) is 0 Å². The fraction of sp³-hybridized carbons (Fsp3) is 0.533. The Morgan fingerprint density at radius 2 is 2.15 bits per heavy atom. The van der Waals surface area contributed by atoms with Crippen molar-refractivity contribution >= 4 is 23.2 Å². The molecule has 20 heavy (non-hydrogen) atoms. The van der Waals surface area contributed by atoms with Gasteiger partial charge in [-0.15, -0.1) is 0 Å². The second kappa shape index (κ2) is 8.12. The lowest BCUT2D eigenvalue weighted by Gasteiger charge is -2.25. The van der Waals surface area contributed by atoms with Crippen LogP contribution in [0.1, 0.15) is 26.3 Å². The number of carbonyl (C=O) groups is 1. The van der Waals surface area contributed by atoms with E-state index in [1.165, 1.54) is 0 Å². The van der Waals surface area contributed by atoms with Gasteiger partial charge in [0.05, 0.1) is 6.54 Å². The first-order valence-corrected chi connectivity index (χ1v) is 7.34. The van der Waals surface area contributed by atoms with E-state index in [-0.39, 0.29) is 12.5 Å². The van der Waals surface area contributed by atoms with Crippen LogP contribution in [-0.2, 0) is 11.3 Å². The summed E-state index contributed by atoms with van der Waals surface area (Å²) in [7, 11) is 0. The molecule has 0 fully saturated rings. The molecule has 5 heteroatoms. The maximum Gasteiger partial charge on any atom is 0.236 e. The first-order valence-electron chi connectivity index (χ1n) is 6.96. The third-order valence-corrected chi connectivity index (χ3v) is 3.21. The van der Waals surface area contributed by atoms with Gasteiger partial charge in [-0.05, 0) is 43.1 Å². The largest absolute Gasteiger partial charge is 0.368 e. The van der Waals surface area contributed by atoms with Gasteiger partial charge in [0, 0.05) is 23.8 Å². The number of rotatable bonds is 8. The van der Waals surface area contributed by atoms with Gasteiger partial charge < -0.3 is 16.0 Å². The van der Waals surface area contributed by atoms with Crippen LogP contribution < -0.4 is 16.0 Å². The van der Waals surface area contributed by atoms with E-state index in [9.17, 15) is 4.79 Å². The van der Waals surface area contributed by atoms with Gasteiger partial charge in [0.2, 0.25) is 5.91 Å². The highest BCUT2D eigenvalue weighted by atomic mass is 35.5. The van der Waals surface area contributed by atoms with Crippen molar-refractivity contribution in [2.45, 2.75) is 27.3 Å². The van der Waals surface area contributed by atoms with Crippen molar-refractivity contribution in [3.63, 3.8) is 0 Å². The lowest BCUT2D eigenvalue weighted by atomic mass is 10.1. The van der Waals surface area contributed by atoms with Crippen LogP contribution in [0.25, 0.3) is 0 Å². The molecule has 0 aliphatic rings. The summed E-state index contributed by atoms with van der Waals surface area (Å²) in [6, 6.07) is 5.72. The topological polar surface area (TPSA) is 58.4 Å². The number of hydrogen-bond acceptors (Lipinski definition) is 3. The minimum absolute atomic E-state index is 0.218. The molecule has 0 spiro atoms. The summed E-state index contributed by atoms with van der Waals surface area (Å²) in [5, 5.41) is 4.10. The molecule has 0 unspecified atom stereocenters. The Labute approximate surface area is 126 Å². The van der Waals surface area contributed by atoms with E-state index in [0.29, 0.717) is 10.9 Å². The first kappa shape index (κ1) is 16.8. The number of primary amides is 1. The zero-order valence-electron chi connectivity index (χ0n) is 12.4. The maximum absolute atomic E-state index is 11.2. The van der Waals surface area contributed by atoms with E-state index in [0.717, 1.165) is 30.9 Å². The van der Waals surface area contributed by atoms with Crippen LogP contribution in [0.2, 0.25) is 5.02 Å². The van der Waals surface area contributed by atoms with Crippen LogP contribution >= 0.6 is 11.6 Å². The van der Waals surface area contributed by atoms with Crippen molar-refractivity contribution in [2.75, 3.05) is 24.5 Å². The average molecular weight is 298 g/mol. The highest BCUT2D eigenvalue weighted by molar-refractivity contribution is 6.30. The zero-order valence-corrected chi connectivity index (χ0v) is 13.2. The lowest BCUT2D eigenvalue weighted by Crippen LogP contribution is -2.34. The maximum atomic E-state index is 11.2. The molecule has 3 N–H and O–H groups in total. The van der Waals surface area contributed by atoms with E-state index in [1.807, 2.05) is 30.0 Å². The molecule has 4 nitrogen and oxygen atoms in total. The normalized spacial score (nSPS) is 10.8. The Morgan fingerprint density at radius 1 is 1.45 bits per heavy atom. The molecular formula is C15H24ClN3O. The number of amides is 1. The molecule has 1 aromatic rings. The summed E-state index contributed by atoms with van der Waals surface area (Å²) in [5.74, 6) is 0.258. The van der Waals surface area contributed by atoms with Crippen LogP contribution in [-0.4, -0.2) is 25.5 Å². The monoisotopic (exact) mass is 297 g/mol. The van der Waals surface area contributed by atoms with Gasteiger partial charge in [0.1, 0.15) is 0 Å². The quantitative estimate of drug-likeness (QED) is 0.774. The van der Waals surface area contributed by atoms with Gasteiger partial charge in [0.25, 0.3) is 0 Å². The summed E-state index contributed by atoms with van der Waals surface area (Å²) in [4.78, 5) is 13.1. The SMILES string of the molecule is CCN(CC(N)=O)c1ccc(Cl)cc1CNCC(C)C. The fourth-order valence-corrected chi connectivity index (χ4v) is 2.25. The van der Waals surface area contributed by atoms with Crippen LogP contribution in [0.4, 0.5) is 5.69 Å². The van der Waals surface area contributed by atoms with E-state index in [4.69, 9.17) is 17.3 Å². The Balaban J connectivity index is 2.90. The average Bonchev–Trinajstić information content (AvgIpc) is 2.36. The summed E-state index contributed by atoms with van der Waals surface area (Å²) < 4.78 is 0. The highest BCUT2D eigenvalue weighted by Gasteiger charge is 2.12. The minimum atomic E-state index is -0.331. The third kappa shape index (κ3) is 5.39. The Hall–Kier alpha value is -1.26. The van der Waals surface area contributed by atoms with Crippen LogP contribution in [0.5, 0.6) is 0 Å². The van der Waals surface area contributed by atoms with Gasteiger partial charge in [0.15, 0.2) is 0 Å². The van der Waals surface area contributed by atoms with Gasteiger partial charge in [-0.25, -0.2) is 0 Å². The number of likely N-dealkylation sites (N-methyl/N-ethyl adjacent to an activating group) is 1. The van der Waals surface area contributed by atoms with E-state index in [1.54, 1.807) is 0 Å². The number of nitrogens with two attached hydrogens (primary N) is 1. The molecule has 0 radical (unpaired) electrons. The predicted molar refractivity (Wildman–Crippen MR) is 85.1 cm³/mol. The molecule has 112 valence electrons. The molecule has 0 heterocycles. The molecule has 0 atom stereocenters. The molecule has 1 amide bonds. The number of benzene rings is 1. The molecule has 0 aliphatic heterocycles. The number of carbonyl (C=O) groups excluding carboxylic acids is 1.